The monoisotopic (exact) mass is 366 g/mol. The Kier molecular flexibility index (Phi) is 5.69. The van der Waals surface area contributed by atoms with Gasteiger partial charge in [0.2, 0.25) is 0 Å². The van der Waals surface area contributed by atoms with Crippen LogP contribution in [-0.4, -0.2) is 0 Å². The van der Waals surface area contributed by atoms with E-state index in [1.165, 1.54) is 0 Å². The van der Waals surface area contributed by atoms with E-state index in [0.29, 0.717) is 13.2 Å². The van der Waals surface area contributed by atoms with E-state index < -0.39 is 0 Å². The molecule has 28 heavy (non-hydrogen) atoms. The van der Waals surface area contributed by atoms with Gasteiger partial charge in [-0.3, -0.25) is 0 Å². The molecule has 0 saturated heterocycles. The molecule has 0 bridgehead atoms. The lowest BCUT2D eigenvalue weighted by molar-refractivity contribution is 0.306. The Morgan fingerprint density at radius 3 is 1.61 bits per heavy atom. The van der Waals surface area contributed by atoms with Gasteiger partial charge in [-0.1, -0.05) is 84.9 Å². The second kappa shape index (κ2) is 8.92. The predicted molar refractivity (Wildman–Crippen MR) is 113 cm³/mol. The van der Waals surface area contributed by atoms with Crippen molar-refractivity contribution in [1.82, 2.24) is 0 Å². The van der Waals surface area contributed by atoms with Gasteiger partial charge in [-0.05, 0) is 46.5 Å². The van der Waals surface area contributed by atoms with Crippen LogP contribution in [0.3, 0.4) is 0 Å². The molecule has 0 saturated carbocycles. The van der Waals surface area contributed by atoms with E-state index in [1.807, 2.05) is 60.7 Å². The molecule has 4 aromatic carbocycles. The summed E-state index contributed by atoms with van der Waals surface area (Å²) in [6.07, 6.45) is 0. The normalized spacial score (nSPS) is 10.4. The van der Waals surface area contributed by atoms with Crippen LogP contribution in [0.5, 0.6) is 11.5 Å². The van der Waals surface area contributed by atoms with Crippen molar-refractivity contribution in [3.05, 3.63) is 120 Å². The molecule has 0 heterocycles. The summed E-state index contributed by atoms with van der Waals surface area (Å²) in [5, 5.41) is 0. The molecule has 0 spiro atoms. The average molecular weight is 366 g/mol. The van der Waals surface area contributed by atoms with Crippen molar-refractivity contribution in [1.29, 1.82) is 0 Å². The lowest BCUT2D eigenvalue weighted by Gasteiger charge is -2.10. The first-order chi connectivity index (χ1) is 13.9. The van der Waals surface area contributed by atoms with Gasteiger partial charge in [0.1, 0.15) is 24.7 Å². The number of hydrogen-bond acceptors (Lipinski definition) is 2. The maximum atomic E-state index is 5.94. The molecule has 0 radical (unpaired) electrons. The molecule has 138 valence electrons. The van der Waals surface area contributed by atoms with Gasteiger partial charge in [0.25, 0.3) is 0 Å². The minimum Gasteiger partial charge on any atom is -0.489 e. The van der Waals surface area contributed by atoms with Gasteiger partial charge in [0, 0.05) is 0 Å². The molecule has 2 heteroatoms. The van der Waals surface area contributed by atoms with Gasteiger partial charge in [-0.2, -0.15) is 0 Å². The van der Waals surface area contributed by atoms with Crippen LogP contribution in [0.1, 0.15) is 11.1 Å². The van der Waals surface area contributed by atoms with E-state index in [2.05, 4.69) is 48.5 Å². The maximum Gasteiger partial charge on any atom is 0.120 e. The summed E-state index contributed by atoms with van der Waals surface area (Å²) in [4.78, 5) is 0. The Balaban J connectivity index is 1.39. The largest absolute Gasteiger partial charge is 0.489 e. The van der Waals surface area contributed by atoms with Gasteiger partial charge in [0.05, 0.1) is 0 Å². The lowest BCUT2D eigenvalue weighted by Crippen LogP contribution is -1.95. The highest BCUT2D eigenvalue weighted by Crippen LogP contribution is 2.26. The van der Waals surface area contributed by atoms with Gasteiger partial charge in [0.15, 0.2) is 0 Å². The Hall–Kier alpha value is -3.52. The van der Waals surface area contributed by atoms with Gasteiger partial charge in [-0.25, -0.2) is 0 Å². The minimum atomic E-state index is 0.566. The number of benzene rings is 4. The molecule has 2 nitrogen and oxygen atoms in total. The van der Waals surface area contributed by atoms with Crippen molar-refractivity contribution < 1.29 is 9.47 Å². The molecule has 0 atom stereocenters. The highest BCUT2D eigenvalue weighted by atomic mass is 16.5. The zero-order valence-corrected chi connectivity index (χ0v) is 15.6. The SMILES string of the molecule is c1ccc(COc2ccc(-c3cccc(OCc4ccccc4)c3)cc2)cc1. The standard InChI is InChI=1S/C26H22O2/c1-3-8-21(9-4-1)19-27-25-16-14-23(15-17-25)24-12-7-13-26(18-24)28-20-22-10-5-2-6-11-22/h1-18H,19-20H2. The van der Waals surface area contributed by atoms with E-state index in [0.717, 1.165) is 33.8 Å². The summed E-state index contributed by atoms with van der Waals surface area (Å²) in [5.41, 5.74) is 4.58. The highest BCUT2D eigenvalue weighted by Gasteiger charge is 2.02. The van der Waals surface area contributed by atoms with Crippen LogP contribution in [0.25, 0.3) is 11.1 Å². The van der Waals surface area contributed by atoms with Crippen molar-refractivity contribution in [2.24, 2.45) is 0 Å². The van der Waals surface area contributed by atoms with Gasteiger partial charge < -0.3 is 9.47 Å². The van der Waals surface area contributed by atoms with Crippen molar-refractivity contribution in [2.75, 3.05) is 0 Å². The van der Waals surface area contributed by atoms with Crippen molar-refractivity contribution >= 4 is 0 Å². The van der Waals surface area contributed by atoms with Crippen molar-refractivity contribution in [3.63, 3.8) is 0 Å². The molecule has 0 aliphatic rings. The van der Waals surface area contributed by atoms with Crippen LogP contribution in [0.4, 0.5) is 0 Å². The zero-order chi connectivity index (χ0) is 19.0. The first-order valence-corrected chi connectivity index (χ1v) is 9.41. The first kappa shape index (κ1) is 17.9. The molecule has 4 rings (SSSR count). The summed E-state index contributed by atoms with van der Waals surface area (Å²) in [7, 11) is 0. The van der Waals surface area contributed by atoms with Crippen LogP contribution >= 0.6 is 0 Å². The molecule has 4 aromatic rings. The fourth-order valence-electron chi connectivity index (χ4n) is 2.99. The van der Waals surface area contributed by atoms with E-state index in [9.17, 15) is 0 Å². The average Bonchev–Trinajstić information content (AvgIpc) is 2.78. The zero-order valence-electron chi connectivity index (χ0n) is 15.6. The van der Waals surface area contributed by atoms with E-state index in [4.69, 9.17) is 9.47 Å². The third-order valence-electron chi connectivity index (χ3n) is 4.52. The van der Waals surface area contributed by atoms with Crippen LogP contribution in [0.15, 0.2) is 109 Å². The summed E-state index contributed by atoms with van der Waals surface area (Å²) >= 11 is 0. The fourth-order valence-corrected chi connectivity index (χ4v) is 2.99. The number of rotatable bonds is 7. The molecule has 0 aromatic heterocycles. The van der Waals surface area contributed by atoms with Gasteiger partial charge in [-0.15, -0.1) is 0 Å². The summed E-state index contributed by atoms with van der Waals surface area (Å²) < 4.78 is 11.8. The Labute approximate surface area is 166 Å². The van der Waals surface area contributed by atoms with Crippen LogP contribution in [0, 0.1) is 0 Å². The molecule has 0 fully saturated rings. The van der Waals surface area contributed by atoms with Crippen LogP contribution < -0.4 is 9.47 Å². The second-order valence-corrected chi connectivity index (χ2v) is 6.60. The Bertz CT molecular complexity index is 993. The third kappa shape index (κ3) is 4.80. The highest BCUT2D eigenvalue weighted by molar-refractivity contribution is 5.65. The molecule has 0 N–H and O–H groups in total. The topological polar surface area (TPSA) is 18.5 Å². The first-order valence-electron chi connectivity index (χ1n) is 9.41. The second-order valence-electron chi connectivity index (χ2n) is 6.60. The Morgan fingerprint density at radius 2 is 1.00 bits per heavy atom. The Morgan fingerprint density at radius 1 is 0.429 bits per heavy atom. The van der Waals surface area contributed by atoms with Crippen LogP contribution in [0.2, 0.25) is 0 Å². The molecular formula is C26H22O2. The summed E-state index contributed by atoms with van der Waals surface area (Å²) in [6, 6.07) is 36.7. The minimum absolute atomic E-state index is 0.566. The quantitative estimate of drug-likeness (QED) is 0.371. The summed E-state index contributed by atoms with van der Waals surface area (Å²) in [5.74, 6) is 1.73. The maximum absolute atomic E-state index is 5.94. The van der Waals surface area contributed by atoms with E-state index in [1.54, 1.807) is 0 Å². The molecule has 0 unspecified atom stereocenters. The smallest absolute Gasteiger partial charge is 0.120 e. The van der Waals surface area contributed by atoms with E-state index >= 15 is 0 Å². The predicted octanol–water partition coefficient (Wildman–Crippen LogP) is 6.51. The van der Waals surface area contributed by atoms with E-state index in [-0.39, 0.29) is 0 Å². The number of ether oxygens (including phenoxy) is 2. The number of hydrogen-bond donors (Lipinski definition) is 0. The van der Waals surface area contributed by atoms with Crippen molar-refractivity contribution in [2.45, 2.75) is 13.2 Å². The molecular weight excluding hydrogens is 344 g/mol. The summed E-state index contributed by atoms with van der Waals surface area (Å²) in [6.45, 7) is 1.14. The van der Waals surface area contributed by atoms with Crippen molar-refractivity contribution in [3.8, 4) is 22.6 Å². The fraction of sp³-hybridized carbons (Fsp3) is 0.0769. The molecule has 0 aliphatic heterocycles. The van der Waals surface area contributed by atoms with Crippen LogP contribution in [-0.2, 0) is 13.2 Å². The van der Waals surface area contributed by atoms with Gasteiger partial charge >= 0.3 is 0 Å². The lowest BCUT2D eigenvalue weighted by atomic mass is 10.1. The molecule has 0 aliphatic carbocycles. The third-order valence-corrected chi connectivity index (χ3v) is 4.52. The molecule has 0 amide bonds.